The summed E-state index contributed by atoms with van der Waals surface area (Å²) in [6, 6.07) is 3.94. The van der Waals surface area contributed by atoms with E-state index in [9.17, 15) is 5.11 Å². The number of aliphatic hydroxyl groups is 1. The monoisotopic (exact) mass is 251 g/mol. The quantitative estimate of drug-likeness (QED) is 0.874. The molecule has 2 unspecified atom stereocenters. The molecule has 18 heavy (non-hydrogen) atoms. The van der Waals surface area contributed by atoms with E-state index in [2.05, 4.69) is 25.7 Å². The third-order valence-corrected chi connectivity index (χ3v) is 4.31. The number of aliphatic hydroxyl groups excluding tert-OH is 1. The van der Waals surface area contributed by atoms with Crippen molar-refractivity contribution in [3.8, 4) is 0 Å². The Morgan fingerprint density at radius 1 is 1.50 bits per heavy atom. The van der Waals surface area contributed by atoms with Gasteiger partial charge in [0.05, 0.1) is 18.9 Å². The lowest BCUT2D eigenvalue weighted by atomic mass is 9.87. The fourth-order valence-electron chi connectivity index (χ4n) is 2.95. The van der Waals surface area contributed by atoms with Gasteiger partial charge in [0.15, 0.2) is 0 Å². The molecule has 1 heterocycles. The largest absolute Gasteiger partial charge is 0.468 e. The van der Waals surface area contributed by atoms with Gasteiger partial charge in [0.25, 0.3) is 0 Å². The predicted octanol–water partition coefficient (Wildman–Crippen LogP) is 2.90. The van der Waals surface area contributed by atoms with Gasteiger partial charge in [-0.3, -0.25) is 4.90 Å². The molecule has 102 valence electrons. The standard InChI is InChI=1S/C15H25NO2/c1-4-16(11-13-6-5-9-18-13)10-12-7-8-15(2,3)14(12)17/h5-6,9,12,14,17H,4,7-8,10-11H2,1-3H3. The number of nitrogens with zero attached hydrogens (tertiary/aromatic N) is 1. The van der Waals surface area contributed by atoms with Crippen LogP contribution in [0.4, 0.5) is 0 Å². The Kier molecular flexibility index (Phi) is 4.13. The van der Waals surface area contributed by atoms with Gasteiger partial charge < -0.3 is 9.52 Å². The van der Waals surface area contributed by atoms with Crippen LogP contribution in [0.3, 0.4) is 0 Å². The topological polar surface area (TPSA) is 36.6 Å². The summed E-state index contributed by atoms with van der Waals surface area (Å²) in [5.41, 5.74) is 0.0781. The SMILES string of the molecule is CCN(Cc1ccco1)CC1CCC(C)(C)C1O. The second-order valence-electron chi connectivity index (χ2n) is 6.14. The van der Waals surface area contributed by atoms with Crippen LogP contribution in [-0.4, -0.2) is 29.2 Å². The highest BCUT2D eigenvalue weighted by Crippen LogP contribution is 2.41. The van der Waals surface area contributed by atoms with Crippen molar-refractivity contribution in [3.05, 3.63) is 24.2 Å². The molecule has 0 aliphatic heterocycles. The van der Waals surface area contributed by atoms with Crippen LogP contribution in [0, 0.1) is 11.3 Å². The minimum Gasteiger partial charge on any atom is -0.468 e. The molecule has 0 bridgehead atoms. The lowest BCUT2D eigenvalue weighted by molar-refractivity contribution is 0.0315. The second-order valence-corrected chi connectivity index (χ2v) is 6.14. The van der Waals surface area contributed by atoms with E-state index in [1.165, 1.54) is 0 Å². The van der Waals surface area contributed by atoms with Crippen molar-refractivity contribution in [2.75, 3.05) is 13.1 Å². The van der Waals surface area contributed by atoms with Crippen molar-refractivity contribution >= 4 is 0 Å². The van der Waals surface area contributed by atoms with Crippen LogP contribution in [0.5, 0.6) is 0 Å². The van der Waals surface area contributed by atoms with E-state index in [1.54, 1.807) is 6.26 Å². The Bertz CT molecular complexity index is 359. The summed E-state index contributed by atoms with van der Waals surface area (Å²) in [5.74, 6) is 1.40. The Hall–Kier alpha value is -0.800. The molecule has 1 N–H and O–H groups in total. The van der Waals surface area contributed by atoms with Gasteiger partial charge in [-0.15, -0.1) is 0 Å². The summed E-state index contributed by atoms with van der Waals surface area (Å²) in [5, 5.41) is 10.3. The summed E-state index contributed by atoms with van der Waals surface area (Å²) < 4.78 is 5.39. The number of hydrogen-bond donors (Lipinski definition) is 1. The summed E-state index contributed by atoms with van der Waals surface area (Å²) in [6.07, 6.45) is 3.79. The van der Waals surface area contributed by atoms with Gasteiger partial charge in [-0.2, -0.15) is 0 Å². The average molecular weight is 251 g/mol. The van der Waals surface area contributed by atoms with E-state index in [0.717, 1.165) is 38.2 Å². The van der Waals surface area contributed by atoms with Crippen molar-refractivity contribution in [2.24, 2.45) is 11.3 Å². The van der Waals surface area contributed by atoms with Gasteiger partial charge in [-0.25, -0.2) is 0 Å². The van der Waals surface area contributed by atoms with Gasteiger partial charge in [0, 0.05) is 6.54 Å². The van der Waals surface area contributed by atoms with E-state index in [0.29, 0.717) is 5.92 Å². The van der Waals surface area contributed by atoms with Crippen LogP contribution in [0.25, 0.3) is 0 Å². The molecule has 1 aliphatic rings. The third-order valence-electron chi connectivity index (χ3n) is 4.31. The first-order chi connectivity index (χ1) is 8.53. The minimum absolute atomic E-state index is 0.0781. The summed E-state index contributed by atoms with van der Waals surface area (Å²) in [4.78, 5) is 2.36. The van der Waals surface area contributed by atoms with Crippen molar-refractivity contribution in [1.82, 2.24) is 4.90 Å². The first-order valence-corrected chi connectivity index (χ1v) is 6.95. The Balaban J connectivity index is 1.91. The molecular weight excluding hydrogens is 226 g/mol. The maximum absolute atomic E-state index is 10.3. The molecule has 1 aromatic rings. The Morgan fingerprint density at radius 2 is 2.28 bits per heavy atom. The van der Waals surface area contributed by atoms with Crippen molar-refractivity contribution in [1.29, 1.82) is 0 Å². The Labute approximate surface area is 110 Å². The molecule has 0 saturated heterocycles. The minimum atomic E-state index is -0.178. The van der Waals surface area contributed by atoms with Gasteiger partial charge in [-0.05, 0) is 42.9 Å². The molecule has 0 radical (unpaired) electrons. The number of hydrogen-bond acceptors (Lipinski definition) is 3. The molecule has 0 aromatic carbocycles. The van der Waals surface area contributed by atoms with Gasteiger partial charge >= 0.3 is 0 Å². The number of furan rings is 1. The maximum atomic E-state index is 10.3. The van der Waals surface area contributed by atoms with Crippen molar-refractivity contribution in [3.63, 3.8) is 0 Å². The zero-order chi connectivity index (χ0) is 13.2. The van der Waals surface area contributed by atoms with Crippen LogP contribution in [0.2, 0.25) is 0 Å². The second kappa shape index (κ2) is 5.45. The van der Waals surface area contributed by atoms with Gasteiger partial charge in [0.1, 0.15) is 5.76 Å². The van der Waals surface area contributed by atoms with Crippen LogP contribution in [0.15, 0.2) is 22.8 Å². The molecule has 3 heteroatoms. The Morgan fingerprint density at radius 3 is 2.78 bits per heavy atom. The zero-order valence-electron chi connectivity index (χ0n) is 11.7. The highest BCUT2D eigenvalue weighted by molar-refractivity contribution is 4.98. The highest BCUT2D eigenvalue weighted by atomic mass is 16.3. The maximum Gasteiger partial charge on any atom is 0.117 e. The zero-order valence-corrected chi connectivity index (χ0v) is 11.7. The van der Waals surface area contributed by atoms with Crippen LogP contribution in [0.1, 0.15) is 39.4 Å². The molecule has 2 rings (SSSR count). The predicted molar refractivity (Wildman–Crippen MR) is 72.2 cm³/mol. The summed E-state index contributed by atoms with van der Waals surface area (Å²) in [6.45, 7) is 9.29. The molecule has 0 spiro atoms. The lowest BCUT2D eigenvalue weighted by Crippen LogP contribution is -2.36. The molecule has 1 aliphatic carbocycles. The third kappa shape index (κ3) is 2.96. The smallest absolute Gasteiger partial charge is 0.117 e. The van der Waals surface area contributed by atoms with E-state index < -0.39 is 0 Å². The van der Waals surface area contributed by atoms with E-state index in [4.69, 9.17) is 4.42 Å². The van der Waals surface area contributed by atoms with Crippen LogP contribution < -0.4 is 0 Å². The van der Waals surface area contributed by atoms with Crippen LogP contribution in [-0.2, 0) is 6.54 Å². The fraction of sp³-hybridized carbons (Fsp3) is 0.733. The van der Waals surface area contributed by atoms with E-state index >= 15 is 0 Å². The molecule has 3 nitrogen and oxygen atoms in total. The molecule has 2 atom stereocenters. The van der Waals surface area contributed by atoms with Gasteiger partial charge in [-0.1, -0.05) is 20.8 Å². The summed E-state index contributed by atoms with van der Waals surface area (Å²) >= 11 is 0. The van der Waals surface area contributed by atoms with E-state index in [1.807, 2.05) is 12.1 Å². The molecule has 1 fully saturated rings. The molecule has 0 amide bonds. The highest BCUT2D eigenvalue weighted by Gasteiger charge is 2.41. The van der Waals surface area contributed by atoms with E-state index in [-0.39, 0.29) is 11.5 Å². The van der Waals surface area contributed by atoms with Crippen LogP contribution >= 0.6 is 0 Å². The molecule has 1 saturated carbocycles. The average Bonchev–Trinajstić information content (AvgIpc) is 2.92. The first kappa shape index (κ1) is 13.6. The lowest BCUT2D eigenvalue weighted by Gasteiger charge is -2.29. The molecule has 1 aromatic heterocycles. The van der Waals surface area contributed by atoms with Gasteiger partial charge in [0.2, 0.25) is 0 Å². The fourth-order valence-corrected chi connectivity index (χ4v) is 2.95. The number of rotatable bonds is 5. The molecular formula is C15H25NO2. The normalized spacial score (nSPS) is 26.9. The first-order valence-electron chi connectivity index (χ1n) is 6.95. The van der Waals surface area contributed by atoms with Crippen molar-refractivity contribution in [2.45, 2.75) is 46.3 Å². The van der Waals surface area contributed by atoms with Crippen molar-refractivity contribution < 1.29 is 9.52 Å². The summed E-state index contributed by atoms with van der Waals surface area (Å²) in [7, 11) is 0.